The summed E-state index contributed by atoms with van der Waals surface area (Å²) in [6.45, 7) is 1.58. The van der Waals surface area contributed by atoms with E-state index in [0.29, 0.717) is 11.1 Å². The Bertz CT molecular complexity index is 628. The van der Waals surface area contributed by atoms with Crippen LogP contribution in [0.5, 0.6) is 0 Å². The van der Waals surface area contributed by atoms with Crippen molar-refractivity contribution in [3.05, 3.63) is 56.3 Å². The second-order valence-corrected chi connectivity index (χ2v) is 8.07. The molecule has 0 nitrogen and oxygen atoms in total. The van der Waals surface area contributed by atoms with E-state index in [1.165, 1.54) is 22.6 Å². The molecule has 1 aromatic carbocycles. The first kappa shape index (κ1) is 14.5. The van der Waals surface area contributed by atoms with Gasteiger partial charge in [-0.05, 0) is 48.4 Å². The molecule has 0 amide bonds. The van der Waals surface area contributed by atoms with Gasteiger partial charge in [-0.1, -0.05) is 15.9 Å². The summed E-state index contributed by atoms with van der Waals surface area (Å²) in [6, 6.07) is 4.70. The molecule has 106 valence electrons. The highest BCUT2D eigenvalue weighted by Crippen LogP contribution is 2.41. The van der Waals surface area contributed by atoms with Crippen LogP contribution < -0.4 is 0 Å². The van der Waals surface area contributed by atoms with Crippen LogP contribution in [0.4, 0.5) is 8.78 Å². The minimum Gasteiger partial charge on any atom is -0.207 e. The number of thioether (sulfide) groups is 1. The van der Waals surface area contributed by atoms with Crippen molar-refractivity contribution >= 4 is 39.0 Å². The van der Waals surface area contributed by atoms with Gasteiger partial charge >= 0.3 is 0 Å². The molecular weight excluding hydrogens is 362 g/mol. The lowest BCUT2D eigenvalue weighted by Crippen LogP contribution is -1.98. The van der Waals surface area contributed by atoms with Gasteiger partial charge in [0.15, 0.2) is 0 Å². The number of hydrogen-bond acceptors (Lipinski definition) is 2. The van der Waals surface area contributed by atoms with Gasteiger partial charge < -0.3 is 0 Å². The Morgan fingerprint density at radius 3 is 2.75 bits per heavy atom. The molecule has 0 aliphatic carbocycles. The predicted molar refractivity (Wildman–Crippen MR) is 86.1 cm³/mol. The molecule has 2 heterocycles. The third-order valence-electron chi connectivity index (χ3n) is 3.45. The second kappa shape index (κ2) is 5.78. The lowest BCUT2D eigenvalue weighted by Gasteiger charge is -2.10. The quantitative estimate of drug-likeness (QED) is 0.615. The number of halogens is 3. The van der Waals surface area contributed by atoms with Crippen LogP contribution in [-0.2, 0) is 12.2 Å². The molecule has 0 bridgehead atoms. The Morgan fingerprint density at radius 2 is 2.00 bits per heavy atom. The lowest BCUT2D eigenvalue weighted by molar-refractivity contribution is 0.581. The number of alkyl halides is 1. The zero-order valence-electron chi connectivity index (χ0n) is 10.9. The van der Waals surface area contributed by atoms with Crippen LogP contribution in [0, 0.1) is 18.6 Å². The van der Waals surface area contributed by atoms with Crippen LogP contribution in [0.25, 0.3) is 0 Å². The summed E-state index contributed by atoms with van der Waals surface area (Å²) < 4.78 is 27.7. The predicted octanol–water partition coefficient (Wildman–Crippen LogP) is 5.61. The van der Waals surface area contributed by atoms with Crippen LogP contribution in [0.1, 0.15) is 31.3 Å². The van der Waals surface area contributed by atoms with Gasteiger partial charge in [0.25, 0.3) is 0 Å². The fraction of sp³-hybridized carbons (Fsp3) is 0.333. The van der Waals surface area contributed by atoms with E-state index in [4.69, 9.17) is 0 Å². The van der Waals surface area contributed by atoms with Crippen molar-refractivity contribution in [2.75, 3.05) is 5.75 Å². The number of benzene rings is 1. The molecule has 1 aliphatic rings. The Balaban J connectivity index is 1.98. The standard InChI is InChI=1S/C15H13BrF2S2/c1-8-4-12(18)10(6-11(8)17)15(16)14-5-9-7-19-3-2-13(9)20-14/h4-6,15H,2-3,7H2,1H3. The largest absolute Gasteiger partial charge is 0.207 e. The second-order valence-electron chi connectivity index (χ2n) is 4.89. The highest BCUT2D eigenvalue weighted by molar-refractivity contribution is 9.09. The van der Waals surface area contributed by atoms with Crippen molar-refractivity contribution < 1.29 is 8.78 Å². The highest BCUT2D eigenvalue weighted by Gasteiger charge is 2.22. The Hall–Kier alpha value is -0.390. The number of hydrogen-bond donors (Lipinski definition) is 0. The van der Waals surface area contributed by atoms with Crippen molar-refractivity contribution in [3.63, 3.8) is 0 Å². The van der Waals surface area contributed by atoms with Gasteiger partial charge in [0.2, 0.25) is 0 Å². The van der Waals surface area contributed by atoms with Gasteiger partial charge in [-0.2, -0.15) is 11.8 Å². The summed E-state index contributed by atoms with van der Waals surface area (Å²) in [4.78, 5) is 2.16. The van der Waals surface area contributed by atoms with Crippen molar-refractivity contribution in [1.82, 2.24) is 0 Å². The third kappa shape index (κ3) is 2.68. The summed E-state index contributed by atoms with van der Waals surface area (Å²) in [6.07, 6.45) is 1.08. The molecule has 1 aromatic heterocycles. The number of aryl methyl sites for hydroxylation is 2. The number of fused-ring (bicyclic) bond motifs is 1. The van der Waals surface area contributed by atoms with Gasteiger partial charge in [0.05, 0.1) is 4.83 Å². The van der Waals surface area contributed by atoms with Gasteiger partial charge in [-0.15, -0.1) is 11.3 Å². The Morgan fingerprint density at radius 1 is 1.20 bits per heavy atom. The molecule has 0 N–H and O–H groups in total. The molecule has 0 saturated heterocycles. The van der Waals surface area contributed by atoms with E-state index in [9.17, 15) is 8.78 Å². The zero-order chi connectivity index (χ0) is 14.3. The normalized spacial score (nSPS) is 16.0. The minimum atomic E-state index is -0.359. The van der Waals surface area contributed by atoms with E-state index in [1.807, 2.05) is 11.8 Å². The van der Waals surface area contributed by atoms with E-state index in [0.717, 1.165) is 22.8 Å². The molecule has 3 rings (SSSR count). The average Bonchev–Trinajstić information content (AvgIpc) is 2.86. The first-order chi connectivity index (χ1) is 9.56. The van der Waals surface area contributed by atoms with Crippen LogP contribution in [0.2, 0.25) is 0 Å². The van der Waals surface area contributed by atoms with Crippen molar-refractivity contribution in [3.8, 4) is 0 Å². The van der Waals surface area contributed by atoms with E-state index in [1.54, 1.807) is 18.3 Å². The van der Waals surface area contributed by atoms with E-state index in [-0.39, 0.29) is 16.5 Å². The monoisotopic (exact) mass is 374 g/mol. The molecule has 0 saturated carbocycles. The molecule has 2 aromatic rings. The topological polar surface area (TPSA) is 0 Å². The number of rotatable bonds is 2. The maximum atomic E-state index is 14.1. The van der Waals surface area contributed by atoms with E-state index >= 15 is 0 Å². The Kier molecular flexibility index (Phi) is 4.20. The third-order valence-corrected chi connectivity index (χ3v) is 7.05. The van der Waals surface area contributed by atoms with Crippen LogP contribution in [-0.4, -0.2) is 5.75 Å². The first-order valence-electron chi connectivity index (χ1n) is 6.35. The van der Waals surface area contributed by atoms with Gasteiger partial charge in [-0.3, -0.25) is 0 Å². The maximum Gasteiger partial charge on any atom is 0.128 e. The first-order valence-corrected chi connectivity index (χ1v) is 9.24. The van der Waals surface area contributed by atoms with Crippen molar-refractivity contribution in [2.45, 2.75) is 23.9 Å². The molecule has 1 atom stereocenters. The minimum absolute atomic E-state index is 0.279. The van der Waals surface area contributed by atoms with Gasteiger partial charge in [0.1, 0.15) is 11.6 Å². The summed E-state index contributed by atoms with van der Waals surface area (Å²) in [5.74, 6) is 1.46. The van der Waals surface area contributed by atoms with Crippen LogP contribution >= 0.6 is 39.0 Å². The smallest absolute Gasteiger partial charge is 0.128 e. The zero-order valence-corrected chi connectivity index (χ0v) is 14.1. The molecule has 20 heavy (non-hydrogen) atoms. The van der Waals surface area contributed by atoms with Crippen molar-refractivity contribution in [1.29, 1.82) is 0 Å². The fourth-order valence-corrected chi connectivity index (χ4v) is 5.44. The molecular formula is C15H13BrF2S2. The SMILES string of the molecule is Cc1cc(F)c(C(Br)c2cc3c(s2)CCSC3)cc1F. The molecule has 0 fully saturated rings. The summed E-state index contributed by atoms with van der Waals surface area (Å²) >= 11 is 7.16. The van der Waals surface area contributed by atoms with Crippen LogP contribution in [0.15, 0.2) is 18.2 Å². The highest BCUT2D eigenvalue weighted by atomic mass is 79.9. The van der Waals surface area contributed by atoms with Gasteiger partial charge in [-0.25, -0.2) is 8.78 Å². The summed E-state index contributed by atoms with van der Waals surface area (Å²) in [7, 11) is 0. The number of thiophene rings is 1. The molecule has 1 aliphatic heterocycles. The lowest BCUT2D eigenvalue weighted by atomic mass is 10.1. The van der Waals surface area contributed by atoms with E-state index in [2.05, 4.69) is 22.0 Å². The van der Waals surface area contributed by atoms with Gasteiger partial charge in [0, 0.05) is 21.1 Å². The van der Waals surface area contributed by atoms with Crippen LogP contribution in [0.3, 0.4) is 0 Å². The average molecular weight is 375 g/mol. The van der Waals surface area contributed by atoms with Crippen molar-refractivity contribution in [2.24, 2.45) is 0 Å². The molecule has 0 spiro atoms. The summed E-state index contributed by atoms with van der Waals surface area (Å²) in [5, 5.41) is 0. The summed E-state index contributed by atoms with van der Waals surface area (Å²) in [5.41, 5.74) is 2.06. The molecule has 0 radical (unpaired) electrons. The molecule has 5 heteroatoms. The Labute approximate surface area is 133 Å². The molecule has 1 unspecified atom stereocenters. The maximum absolute atomic E-state index is 14.1. The van der Waals surface area contributed by atoms with E-state index < -0.39 is 0 Å². The fourth-order valence-electron chi connectivity index (χ4n) is 2.30.